The lowest BCUT2D eigenvalue weighted by molar-refractivity contribution is -0.117. The van der Waals surface area contributed by atoms with Gasteiger partial charge in [0.25, 0.3) is 17.7 Å². The number of rotatable bonds is 7. The first kappa shape index (κ1) is 23.3. The molecule has 0 saturated carbocycles. The molecule has 3 rings (SSSR count). The highest BCUT2D eigenvalue weighted by Crippen LogP contribution is 2.14. The minimum Gasteiger partial charge on any atom is -0.494 e. The van der Waals surface area contributed by atoms with Gasteiger partial charge in [-0.1, -0.05) is 30.3 Å². The average Bonchev–Trinajstić information content (AvgIpc) is 2.83. The summed E-state index contributed by atoms with van der Waals surface area (Å²) in [6.07, 6.45) is 2.95. The van der Waals surface area contributed by atoms with E-state index in [0.29, 0.717) is 23.4 Å². The van der Waals surface area contributed by atoms with E-state index in [-0.39, 0.29) is 5.91 Å². The predicted octanol–water partition coefficient (Wildman–Crippen LogP) is 4.12. The first-order chi connectivity index (χ1) is 16.0. The summed E-state index contributed by atoms with van der Waals surface area (Å²) >= 11 is 0. The number of nitrogens with one attached hydrogen (secondary N) is 3. The number of carbonyl (C=O) groups excluding carboxylic acids is 3. The Morgan fingerprint density at radius 3 is 2.21 bits per heavy atom. The molecule has 3 amide bonds. The summed E-state index contributed by atoms with van der Waals surface area (Å²) < 4.78 is 5.37. The molecule has 3 aromatic rings. The highest BCUT2D eigenvalue weighted by atomic mass is 16.5. The molecule has 0 aromatic heterocycles. The molecule has 0 aliphatic heterocycles. The molecule has 0 fully saturated rings. The van der Waals surface area contributed by atoms with E-state index in [9.17, 15) is 14.4 Å². The second kappa shape index (κ2) is 11.3. The van der Waals surface area contributed by atoms with Crippen molar-refractivity contribution in [3.8, 4) is 5.75 Å². The summed E-state index contributed by atoms with van der Waals surface area (Å²) in [7, 11) is 0. The van der Waals surface area contributed by atoms with Crippen LogP contribution in [0.25, 0.3) is 6.08 Å². The molecule has 7 nitrogen and oxygen atoms in total. The van der Waals surface area contributed by atoms with Gasteiger partial charge in [0, 0.05) is 22.9 Å². The molecule has 0 heterocycles. The summed E-state index contributed by atoms with van der Waals surface area (Å²) in [5.41, 5.74) is 7.87. The summed E-state index contributed by atoms with van der Waals surface area (Å²) in [6, 6.07) is 20.9. The summed E-state index contributed by atoms with van der Waals surface area (Å²) in [5, 5.41) is 2.80. The Kier molecular flexibility index (Phi) is 7.96. The maximum atomic E-state index is 12.4. The van der Waals surface area contributed by atoms with E-state index >= 15 is 0 Å². The Balaban J connectivity index is 1.49. The number of hydrogen-bond acceptors (Lipinski definition) is 4. The Hall–Kier alpha value is -4.39. The number of ether oxygens (including phenoxy) is 1. The van der Waals surface area contributed by atoms with Crippen molar-refractivity contribution in [3.63, 3.8) is 0 Å². The zero-order chi connectivity index (χ0) is 23.6. The molecule has 168 valence electrons. The average molecular weight is 444 g/mol. The number of benzene rings is 3. The van der Waals surface area contributed by atoms with Gasteiger partial charge in [-0.15, -0.1) is 0 Å². The van der Waals surface area contributed by atoms with Crippen molar-refractivity contribution >= 4 is 29.5 Å². The molecule has 3 N–H and O–H groups in total. The van der Waals surface area contributed by atoms with Crippen LogP contribution >= 0.6 is 0 Å². The standard InChI is InChI=1S/C26H25N3O4/c1-3-33-22-15-8-19(9-16-22)10-17-24(30)28-29-25(31)20-11-13-21(14-12-20)27-26(32)23-7-5-4-6-18(23)2/h4-17H,3H2,1-2H3,(H,27,32)(H,28,30)(H,29,31)/b17-10+. The van der Waals surface area contributed by atoms with Gasteiger partial charge in [0.05, 0.1) is 6.61 Å². The van der Waals surface area contributed by atoms with E-state index < -0.39 is 11.8 Å². The third-order valence-corrected chi connectivity index (χ3v) is 4.71. The van der Waals surface area contributed by atoms with E-state index in [2.05, 4.69) is 16.2 Å². The van der Waals surface area contributed by atoms with Gasteiger partial charge >= 0.3 is 0 Å². The largest absolute Gasteiger partial charge is 0.494 e. The highest BCUT2D eigenvalue weighted by molar-refractivity contribution is 6.05. The van der Waals surface area contributed by atoms with Crippen molar-refractivity contribution < 1.29 is 19.1 Å². The zero-order valence-corrected chi connectivity index (χ0v) is 18.4. The van der Waals surface area contributed by atoms with Crippen LogP contribution in [0.1, 0.15) is 38.8 Å². The Morgan fingerprint density at radius 1 is 0.848 bits per heavy atom. The van der Waals surface area contributed by atoms with Crippen LogP contribution in [0.15, 0.2) is 78.9 Å². The van der Waals surface area contributed by atoms with Gasteiger partial charge in [-0.05, 0) is 73.5 Å². The van der Waals surface area contributed by atoms with E-state index in [1.54, 1.807) is 42.5 Å². The second-order valence-electron chi connectivity index (χ2n) is 7.13. The van der Waals surface area contributed by atoms with Gasteiger partial charge in [-0.3, -0.25) is 25.2 Å². The minimum atomic E-state index is -0.477. The lowest BCUT2D eigenvalue weighted by Gasteiger charge is -2.09. The number of hydrazine groups is 1. The quantitative estimate of drug-likeness (QED) is 0.378. The highest BCUT2D eigenvalue weighted by Gasteiger charge is 2.10. The van der Waals surface area contributed by atoms with Crippen LogP contribution in [0.2, 0.25) is 0 Å². The lowest BCUT2D eigenvalue weighted by atomic mass is 10.1. The molecule has 0 atom stereocenters. The van der Waals surface area contributed by atoms with E-state index in [4.69, 9.17) is 4.74 Å². The van der Waals surface area contributed by atoms with Gasteiger partial charge in [-0.2, -0.15) is 0 Å². The van der Waals surface area contributed by atoms with Crippen molar-refractivity contribution in [2.24, 2.45) is 0 Å². The fraction of sp³-hybridized carbons (Fsp3) is 0.115. The van der Waals surface area contributed by atoms with Crippen LogP contribution in [0.4, 0.5) is 5.69 Å². The van der Waals surface area contributed by atoms with E-state index in [1.807, 2.05) is 50.2 Å². The van der Waals surface area contributed by atoms with Crippen molar-refractivity contribution in [1.82, 2.24) is 10.9 Å². The number of aryl methyl sites for hydroxylation is 1. The predicted molar refractivity (Wildman–Crippen MR) is 128 cm³/mol. The molecular formula is C26H25N3O4. The molecular weight excluding hydrogens is 418 g/mol. The van der Waals surface area contributed by atoms with Crippen LogP contribution in [-0.2, 0) is 4.79 Å². The summed E-state index contributed by atoms with van der Waals surface area (Å²) in [6.45, 7) is 4.36. The Morgan fingerprint density at radius 2 is 1.55 bits per heavy atom. The van der Waals surface area contributed by atoms with Crippen LogP contribution in [0, 0.1) is 6.92 Å². The van der Waals surface area contributed by atoms with Crippen molar-refractivity contribution in [2.45, 2.75) is 13.8 Å². The number of anilines is 1. The van der Waals surface area contributed by atoms with Gasteiger partial charge in [0.15, 0.2) is 0 Å². The van der Waals surface area contributed by atoms with Crippen LogP contribution in [0.3, 0.4) is 0 Å². The maximum Gasteiger partial charge on any atom is 0.269 e. The fourth-order valence-corrected chi connectivity index (χ4v) is 2.98. The lowest BCUT2D eigenvalue weighted by Crippen LogP contribution is -2.40. The van der Waals surface area contributed by atoms with Crippen LogP contribution in [0.5, 0.6) is 5.75 Å². The first-order valence-corrected chi connectivity index (χ1v) is 10.4. The molecule has 0 spiro atoms. The van der Waals surface area contributed by atoms with E-state index in [0.717, 1.165) is 16.9 Å². The SMILES string of the molecule is CCOc1ccc(/C=C/C(=O)NNC(=O)c2ccc(NC(=O)c3ccccc3C)cc2)cc1. The molecule has 0 unspecified atom stereocenters. The summed E-state index contributed by atoms with van der Waals surface area (Å²) in [5.74, 6) is -0.419. The molecule has 33 heavy (non-hydrogen) atoms. The smallest absolute Gasteiger partial charge is 0.269 e. The topological polar surface area (TPSA) is 96.5 Å². The van der Waals surface area contributed by atoms with Gasteiger partial charge in [-0.25, -0.2) is 0 Å². The molecule has 0 aliphatic carbocycles. The monoisotopic (exact) mass is 443 g/mol. The van der Waals surface area contributed by atoms with Gasteiger partial charge < -0.3 is 10.1 Å². The normalized spacial score (nSPS) is 10.5. The second-order valence-corrected chi connectivity index (χ2v) is 7.13. The molecule has 7 heteroatoms. The molecule has 0 radical (unpaired) electrons. The number of carbonyl (C=O) groups is 3. The van der Waals surface area contributed by atoms with E-state index in [1.165, 1.54) is 6.08 Å². The zero-order valence-electron chi connectivity index (χ0n) is 18.4. The number of hydrogen-bond donors (Lipinski definition) is 3. The Bertz CT molecular complexity index is 1150. The molecule has 0 saturated heterocycles. The van der Waals surface area contributed by atoms with Crippen LogP contribution in [-0.4, -0.2) is 24.3 Å². The van der Waals surface area contributed by atoms with Crippen molar-refractivity contribution in [1.29, 1.82) is 0 Å². The first-order valence-electron chi connectivity index (χ1n) is 10.4. The third-order valence-electron chi connectivity index (χ3n) is 4.71. The summed E-state index contributed by atoms with van der Waals surface area (Å²) in [4.78, 5) is 36.6. The molecule has 3 aromatic carbocycles. The van der Waals surface area contributed by atoms with Gasteiger partial charge in [0.1, 0.15) is 5.75 Å². The van der Waals surface area contributed by atoms with Crippen molar-refractivity contribution in [2.75, 3.05) is 11.9 Å². The third kappa shape index (κ3) is 6.80. The molecule has 0 bridgehead atoms. The fourth-order valence-electron chi connectivity index (χ4n) is 2.98. The molecule has 0 aliphatic rings. The maximum absolute atomic E-state index is 12.4. The van der Waals surface area contributed by atoms with Crippen LogP contribution < -0.4 is 20.9 Å². The van der Waals surface area contributed by atoms with Crippen molar-refractivity contribution in [3.05, 3.63) is 101 Å². The Labute approximate surface area is 192 Å². The minimum absolute atomic E-state index is 0.225. The number of amides is 3. The van der Waals surface area contributed by atoms with Gasteiger partial charge in [0.2, 0.25) is 0 Å².